The zero-order valence-corrected chi connectivity index (χ0v) is 15.4. The van der Waals surface area contributed by atoms with E-state index in [2.05, 4.69) is 0 Å². The van der Waals surface area contributed by atoms with Gasteiger partial charge in [-0.1, -0.05) is 18.2 Å². The zero-order chi connectivity index (χ0) is 19.3. The monoisotopic (exact) mass is 363 g/mol. The molecule has 0 unspecified atom stereocenters. The molecule has 1 aliphatic rings. The SMILES string of the molecule is CC(C)(C)OC(=O)N1CCCN(C(=O)Cc2ccccc2[N+](=O)[O-])CC1. The highest BCUT2D eigenvalue weighted by Gasteiger charge is 2.26. The molecule has 1 saturated heterocycles. The van der Waals surface area contributed by atoms with E-state index in [1.54, 1.807) is 28.0 Å². The lowest BCUT2D eigenvalue weighted by atomic mass is 10.1. The van der Waals surface area contributed by atoms with Crippen LogP contribution in [0.15, 0.2) is 24.3 Å². The Labute approximate surface area is 152 Å². The van der Waals surface area contributed by atoms with E-state index in [0.29, 0.717) is 38.2 Å². The van der Waals surface area contributed by atoms with Gasteiger partial charge in [0.1, 0.15) is 5.60 Å². The Morgan fingerprint density at radius 2 is 1.73 bits per heavy atom. The molecule has 1 heterocycles. The molecule has 0 bridgehead atoms. The van der Waals surface area contributed by atoms with Crippen LogP contribution >= 0.6 is 0 Å². The number of para-hydroxylation sites is 1. The van der Waals surface area contributed by atoms with Crippen molar-refractivity contribution in [2.75, 3.05) is 26.2 Å². The summed E-state index contributed by atoms with van der Waals surface area (Å²) in [6.45, 7) is 7.24. The van der Waals surface area contributed by atoms with Crippen LogP contribution in [0.1, 0.15) is 32.8 Å². The van der Waals surface area contributed by atoms with Gasteiger partial charge < -0.3 is 14.5 Å². The zero-order valence-electron chi connectivity index (χ0n) is 15.4. The van der Waals surface area contributed by atoms with Crippen LogP contribution in [-0.2, 0) is 16.0 Å². The number of nitro groups is 1. The van der Waals surface area contributed by atoms with E-state index in [0.717, 1.165) is 0 Å². The quantitative estimate of drug-likeness (QED) is 0.608. The van der Waals surface area contributed by atoms with E-state index < -0.39 is 10.5 Å². The Kier molecular flexibility index (Phi) is 6.18. The molecule has 0 atom stereocenters. The predicted molar refractivity (Wildman–Crippen MR) is 95.8 cm³/mol. The molecule has 2 rings (SSSR count). The van der Waals surface area contributed by atoms with Crippen LogP contribution in [0.25, 0.3) is 0 Å². The summed E-state index contributed by atoms with van der Waals surface area (Å²) in [6, 6.07) is 6.26. The second kappa shape index (κ2) is 8.16. The van der Waals surface area contributed by atoms with Gasteiger partial charge >= 0.3 is 6.09 Å². The van der Waals surface area contributed by atoms with Crippen molar-refractivity contribution in [1.29, 1.82) is 0 Å². The van der Waals surface area contributed by atoms with Crippen LogP contribution in [-0.4, -0.2) is 58.5 Å². The van der Waals surface area contributed by atoms with Crippen LogP contribution in [0.2, 0.25) is 0 Å². The van der Waals surface area contributed by atoms with E-state index in [1.807, 2.05) is 20.8 Å². The van der Waals surface area contributed by atoms with Crippen molar-refractivity contribution in [1.82, 2.24) is 9.80 Å². The van der Waals surface area contributed by atoms with E-state index in [1.165, 1.54) is 6.07 Å². The standard InChI is InChI=1S/C18H25N3O5/c1-18(2,3)26-17(23)20-10-6-9-19(11-12-20)16(22)13-14-7-4-5-8-15(14)21(24)25/h4-5,7-8H,6,9-13H2,1-3H3. The number of ether oxygens (including phenoxy) is 1. The molecule has 142 valence electrons. The number of benzene rings is 1. The van der Waals surface area contributed by atoms with Crippen molar-refractivity contribution in [3.05, 3.63) is 39.9 Å². The topological polar surface area (TPSA) is 93.0 Å². The van der Waals surface area contributed by atoms with Gasteiger partial charge in [0.05, 0.1) is 11.3 Å². The summed E-state index contributed by atoms with van der Waals surface area (Å²) in [5, 5.41) is 11.1. The van der Waals surface area contributed by atoms with Gasteiger partial charge in [-0.2, -0.15) is 0 Å². The largest absolute Gasteiger partial charge is 0.444 e. The van der Waals surface area contributed by atoms with Gasteiger partial charge in [0, 0.05) is 37.8 Å². The molecule has 1 fully saturated rings. The number of nitrogens with zero attached hydrogens (tertiary/aromatic N) is 3. The van der Waals surface area contributed by atoms with Crippen molar-refractivity contribution in [2.45, 2.75) is 39.2 Å². The molecule has 1 aromatic carbocycles. The first-order valence-electron chi connectivity index (χ1n) is 8.65. The summed E-state index contributed by atoms with van der Waals surface area (Å²) in [6.07, 6.45) is 0.233. The number of amides is 2. The summed E-state index contributed by atoms with van der Waals surface area (Å²) in [4.78, 5) is 38.6. The number of carbonyl (C=O) groups is 2. The van der Waals surface area contributed by atoms with Crippen molar-refractivity contribution in [2.24, 2.45) is 0 Å². The first kappa shape index (κ1) is 19.7. The highest BCUT2D eigenvalue weighted by molar-refractivity contribution is 5.80. The van der Waals surface area contributed by atoms with Gasteiger partial charge in [-0.05, 0) is 27.2 Å². The third kappa shape index (κ3) is 5.44. The number of nitro benzene ring substituents is 1. The third-order valence-electron chi connectivity index (χ3n) is 4.03. The molecular formula is C18H25N3O5. The van der Waals surface area contributed by atoms with Crippen molar-refractivity contribution < 1.29 is 19.2 Å². The van der Waals surface area contributed by atoms with Gasteiger partial charge in [-0.15, -0.1) is 0 Å². The average molecular weight is 363 g/mol. The van der Waals surface area contributed by atoms with Gasteiger partial charge in [0.15, 0.2) is 0 Å². The first-order valence-corrected chi connectivity index (χ1v) is 8.65. The number of hydrogen-bond donors (Lipinski definition) is 0. The van der Waals surface area contributed by atoms with E-state index in [9.17, 15) is 19.7 Å². The summed E-state index contributed by atoms with van der Waals surface area (Å²) in [7, 11) is 0. The summed E-state index contributed by atoms with van der Waals surface area (Å²) in [5.74, 6) is -0.176. The number of rotatable bonds is 3. The number of hydrogen-bond acceptors (Lipinski definition) is 5. The van der Waals surface area contributed by atoms with Crippen molar-refractivity contribution in [3.8, 4) is 0 Å². The molecule has 0 aromatic heterocycles. The number of carbonyl (C=O) groups excluding carboxylic acids is 2. The van der Waals surface area contributed by atoms with Crippen LogP contribution in [0.3, 0.4) is 0 Å². The fraction of sp³-hybridized carbons (Fsp3) is 0.556. The molecule has 0 radical (unpaired) electrons. The van der Waals surface area contributed by atoms with Crippen LogP contribution in [0.4, 0.5) is 10.5 Å². The molecule has 2 amide bonds. The highest BCUT2D eigenvalue weighted by atomic mass is 16.6. The molecule has 8 heteroatoms. The van der Waals surface area contributed by atoms with E-state index in [-0.39, 0.29) is 24.1 Å². The van der Waals surface area contributed by atoms with Gasteiger partial charge in [-0.3, -0.25) is 14.9 Å². The lowest BCUT2D eigenvalue weighted by Crippen LogP contribution is -2.40. The summed E-state index contributed by atoms with van der Waals surface area (Å²) in [5.41, 5.74) is -0.215. The van der Waals surface area contributed by atoms with Gasteiger partial charge in [-0.25, -0.2) is 4.79 Å². The van der Waals surface area contributed by atoms with E-state index in [4.69, 9.17) is 4.74 Å². The van der Waals surface area contributed by atoms with Crippen LogP contribution in [0.5, 0.6) is 0 Å². The maximum absolute atomic E-state index is 12.6. The van der Waals surface area contributed by atoms with Crippen LogP contribution < -0.4 is 0 Å². The highest BCUT2D eigenvalue weighted by Crippen LogP contribution is 2.19. The predicted octanol–water partition coefficient (Wildman–Crippen LogP) is 2.61. The molecule has 1 aliphatic heterocycles. The second-order valence-corrected chi connectivity index (χ2v) is 7.26. The molecular weight excluding hydrogens is 338 g/mol. The molecule has 0 spiro atoms. The third-order valence-corrected chi connectivity index (χ3v) is 4.03. The summed E-state index contributed by atoms with van der Waals surface area (Å²) >= 11 is 0. The normalized spacial score (nSPS) is 15.3. The smallest absolute Gasteiger partial charge is 0.410 e. The van der Waals surface area contributed by atoms with Gasteiger partial charge in [0.2, 0.25) is 5.91 Å². The molecule has 0 aliphatic carbocycles. The van der Waals surface area contributed by atoms with Crippen molar-refractivity contribution in [3.63, 3.8) is 0 Å². The van der Waals surface area contributed by atoms with Crippen molar-refractivity contribution >= 4 is 17.7 Å². The lowest BCUT2D eigenvalue weighted by molar-refractivity contribution is -0.385. The Morgan fingerprint density at radius 1 is 1.12 bits per heavy atom. The van der Waals surface area contributed by atoms with Crippen LogP contribution in [0, 0.1) is 10.1 Å². The van der Waals surface area contributed by atoms with E-state index >= 15 is 0 Å². The molecule has 26 heavy (non-hydrogen) atoms. The fourth-order valence-corrected chi connectivity index (χ4v) is 2.79. The molecule has 0 saturated carbocycles. The lowest BCUT2D eigenvalue weighted by Gasteiger charge is -2.26. The minimum absolute atomic E-state index is 0.0242. The molecule has 8 nitrogen and oxygen atoms in total. The maximum Gasteiger partial charge on any atom is 0.410 e. The average Bonchev–Trinajstić information content (AvgIpc) is 2.79. The first-order chi connectivity index (χ1) is 12.2. The minimum Gasteiger partial charge on any atom is -0.444 e. The Morgan fingerprint density at radius 3 is 2.38 bits per heavy atom. The van der Waals surface area contributed by atoms with Gasteiger partial charge in [0.25, 0.3) is 5.69 Å². The minimum atomic E-state index is -0.564. The summed E-state index contributed by atoms with van der Waals surface area (Å²) < 4.78 is 5.37. The Hall–Kier alpha value is -2.64. The second-order valence-electron chi connectivity index (χ2n) is 7.26. The molecule has 0 N–H and O–H groups in total. The molecule has 1 aromatic rings. The Balaban J connectivity index is 1.98. The maximum atomic E-state index is 12.6. The fourth-order valence-electron chi connectivity index (χ4n) is 2.79. The Bertz CT molecular complexity index is 684.